The van der Waals surface area contributed by atoms with Gasteiger partial charge in [0.2, 0.25) is 0 Å². The zero-order valence-corrected chi connectivity index (χ0v) is 11.4. The third-order valence-corrected chi connectivity index (χ3v) is 3.59. The number of benzene rings is 1. The van der Waals surface area contributed by atoms with Crippen LogP contribution in [0.3, 0.4) is 0 Å². The highest BCUT2D eigenvalue weighted by atomic mass is 35.5. The van der Waals surface area contributed by atoms with Gasteiger partial charge < -0.3 is 14.8 Å². The normalized spacial score (nSPS) is 10.6. The van der Waals surface area contributed by atoms with Crippen molar-refractivity contribution >= 4 is 38.3 Å². The lowest BCUT2D eigenvalue weighted by Gasteiger charge is -2.06. The molecule has 0 unspecified atom stereocenters. The molecule has 0 saturated heterocycles. The molecule has 2 aromatic rings. The largest absolute Gasteiger partial charge is 0.494 e. The van der Waals surface area contributed by atoms with E-state index < -0.39 is 0 Å². The zero-order valence-electron chi connectivity index (χ0n) is 9.83. The minimum absolute atomic E-state index is 0.531. The van der Waals surface area contributed by atoms with Crippen LogP contribution < -0.4 is 14.8 Å². The maximum atomic E-state index is 6.13. The second-order valence-electron chi connectivity index (χ2n) is 3.32. The third kappa shape index (κ3) is 2.12. The summed E-state index contributed by atoms with van der Waals surface area (Å²) in [5.74, 6) is 1.30. The first-order chi connectivity index (χ1) is 8.21. The van der Waals surface area contributed by atoms with Crippen LogP contribution in [0.15, 0.2) is 6.07 Å². The standard InChI is InChI=1S/C11H13ClN2O2S/c1-4-13-11-14-8-7(15-2)5-6(12)9(16-3)10(8)17-11/h5H,4H2,1-3H3,(H,13,14). The Kier molecular flexibility index (Phi) is 3.59. The number of hydrogen-bond donors (Lipinski definition) is 1. The van der Waals surface area contributed by atoms with Crippen molar-refractivity contribution in [3.05, 3.63) is 11.1 Å². The number of ether oxygens (including phenoxy) is 2. The van der Waals surface area contributed by atoms with Crippen molar-refractivity contribution in [3.8, 4) is 11.5 Å². The Morgan fingerprint density at radius 3 is 2.76 bits per heavy atom. The molecule has 2 rings (SSSR count). The Morgan fingerprint density at radius 2 is 2.18 bits per heavy atom. The van der Waals surface area contributed by atoms with E-state index in [1.807, 2.05) is 6.92 Å². The number of anilines is 1. The fraction of sp³-hybridized carbons (Fsp3) is 0.364. The molecule has 0 saturated carbocycles. The summed E-state index contributed by atoms with van der Waals surface area (Å²) in [6, 6.07) is 1.72. The first-order valence-corrected chi connectivity index (χ1v) is 6.35. The number of nitrogens with one attached hydrogen (secondary N) is 1. The van der Waals surface area contributed by atoms with Crippen molar-refractivity contribution in [1.29, 1.82) is 0 Å². The van der Waals surface area contributed by atoms with E-state index in [1.165, 1.54) is 11.3 Å². The van der Waals surface area contributed by atoms with Crippen LogP contribution in [0.1, 0.15) is 6.92 Å². The Hall–Kier alpha value is -1.20. The van der Waals surface area contributed by atoms with E-state index in [4.69, 9.17) is 21.1 Å². The molecule has 1 aromatic carbocycles. The van der Waals surface area contributed by atoms with E-state index in [1.54, 1.807) is 20.3 Å². The van der Waals surface area contributed by atoms with Crippen LogP contribution in [0.5, 0.6) is 11.5 Å². The predicted octanol–water partition coefficient (Wildman–Crippen LogP) is 3.40. The molecular formula is C11H13ClN2O2S. The highest BCUT2D eigenvalue weighted by molar-refractivity contribution is 7.22. The van der Waals surface area contributed by atoms with Crippen LogP contribution >= 0.6 is 22.9 Å². The maximum Gasteiger partial charge on any atom is 0.184 e. The van der Waals surface area contributed by atoms with Gasteiger partial charge in [-0.1, -0.05) is 22.9 Å². The summed E-state index contributed by atoms with van der Waals surface area (Å²) in [6.45, 7) is 2.84. The fourth-order valence-electron chi connectivity index (χ4n) is 1.57. The Morgan fingerprint density at radius 1 is 1.41 bits per heavy atom. The van der Waals surface area contributed by atoms with Crippen molar-refractivity contribution in [2.24, 2.45) is 0 Å². The number of thiazole rings is 1. The minimum Gasteiger partial charge on any atom is -0.494 e. The Labute approximate surface area is 109 Å². The van der Waals surface area contributed by atoms with Crippen molar-refractivity contribution < 1.29 is 9.47 Å². The van der Waals surface area contributed by atoms with Crippen LogP contribution in [0.2, 0.25) is 5.02 Å². The van der Waals surface area contributed by atoms with E-state index >= 15 is 0 Å². The number of halogens is 1. The van der Waals surface area contributed by atoms with E-state index in [0.717, 1.165) is 21.9 Å². The number of rotatable bonds is 4. The molecule has 0 fully saturated rings. The van der Waals surface area contributed by atoms with Gasteiger partial charge in [-0.25, -0.2) is 4.98 Å². The van der Waals surface area contributed by atoms with Crippen LogP contribution in [0.4, 0.5) is 5.13 Å². The van der Waals surface area contributed by atoms with E-state index in [9.17, 15) is 0 Å². The van der Waals surface area contributed by atoms with Crippen LogP contribution in [-0.4, -0.2) is 25.7 Å². The van der Waals surface area contributed by atoms with Gasteiger partial charge >= 0.3 is 0 Å². The second kappa shape index (κ2) is 4.98. The SMILES string of the molecule is CCNc1nc2c(OC)cc(Cl)c(OC)c2s1. The maximum absolute atomic E-state index is 6.13. The minimum atomic E-state index is 0.531. The quantitative estimate of drug-likeness (QED) is 0.926. The predicted molar refractivity (Wildman–Crippen MR) is 71.9 cm³/mol. The Bertz CT molecular complexity index is 542. The van der Waals surface area contributed by atoms with Crippen molar-refractivity contribution in [3.63, 3.8) is 0 Å². The lowest BCUT2D eigenvalue weighted by Crippen LogP contribution is -1.94. The van der Waals surface area contributed by atoms with Crippen molar-refractivity contribution in [2.45, 2.75) is 6.92 Å². The molecule has 1 aromatic heterocycles. The average Bonchev–Trinajstić information content (AvgIpc) is 2.72. The molecule has 1 N–H and O–H groups in total. The molecule has 92 valence electrons. The molecule has 4 nitrogen and oxygen atoms in total. The van der Waals surface area contributed by atoms with Crippen LogP contribution in [0, 0.1) is 0 Å². The van der Waals surface area contributed by atoms with Gasteiger partial charge in [0.25, 0.3) is 0 Å². The van der Waals surface area contributed by atoms with Gasteiger partial charge in [0.15, 0.2) is 10.9 Å². The number of fused-ring (bicyclic) bond motifs is 1. The summed E-state index contributed by atoms with van der Waals surface area (Å²) in [6.07, 6.45) is 0. The van der Waals surface area contributed by atoms with Crippen molar-refractivity contribution in [2.75, 3.05) is 26.1 Å². The summed E-state index contributed by atoms with van der Waals surface area (Å²) < 4.78 is 11.5. The van der Waals surface area contributed by atoms with E-state index in [-0.39, 0.29) is 0 Å². The van der Waals surface area contributed by atoms with Gasteiger partial charge in [0, 0.05) is 12.6 Å². The molecule has 0 atom stereocenters. The van der Waals surface area contributed by atoms with Gasteiger partial charge in [-0.05, 0) is 6.92 Å². The Balaban J connectivity index is 2.69. The highest BCUT2D eigenvalue weighted by Gasteiger charge is 2.17. The van der Waals surface area contributed by atoms with Gasteiger partial charge in [0.05, 0.1) is 19.2 Å². The highest BCUT2D eigenvalue weighted by Crippen LogP contribution is 2.43. The molecule has 0 aliphatic heterocycles. The second-order valence-corrected chi connectivity index (χ2v) is 4.73. The third-order valence-electron chi connectivity index (χ3n) is 2.29. The molecule has 0 spiro atoms. The van der Waals surface area contributed by atoms with E-state index in [2.05, 4.69) is 10.3 Å². The summed E-state index contributed by atoms with van der Waals surface area (Å²) >= 11 is 7.63. The van der Waals surface area contributed by atoms with E-state index in [0.29, 0.717) is 16.5 Å². The number of nitrogens with zero attached hydrogens (tertiary/aromatic N) is 1. The van der Waals surface area contributed by atoms with Gasteiger partial charge in [0.1, 0.15) is 16.0 Å². The summed E-state index contributed by atoms with van der Waals surface area (Å²) in [5, 5.41) is 4.54. The molecule has 17 heavy (non-hydrogen) atoms. The zero-order chi connectivity index (χ0) is 12.4. The van der Waals surface area contributed by atoms with Crippen LogP contribution in [-0.2, 0) is 0 Å². The molecule has 0 aliphatic rings. The topological polar surface area (TPSA) is 43.4 Å². The number of aromatic nitrogens is 1. The molecular weight excluding hydrogens is 260 g/mol. The average molecular weight is 273 g/mol. The molecule has 0 amide bonds. The summed E-state index contributed by atoms with van der Waals surface area (Å²) in [5.41, 5.74) is 0.773. The lowest BCUT2D eigenvalue weighted by atomic mass is 10.3. The number of hydrogen-bond acceptors (Lipinski definition) is 5. The van der Waals surface area contributed by atoms with Gasteiger partial charge in [-0.2, -0.15) is 0 Å². The fourth-order valence-corrected chi connectivity index (χ4v) is 2.97. The number of methoxy groups -OCH3 is 2. The molecule has 1 heterocycles. The van der Waals surface area contributed by atoms with Crippen molar-refractivity contribution in [1.82, 2.24) is 4.98 Å². The lowest BCUT2D eigenvalue weighted by molar-refractivity contribution is 0.410. The molecule has 0 radical (unpaired) electrons. The summed E-state index contributed by atoms with van der Waals surface area (Å²) in [4.78, 5) is 4.47. The first-order valence-electron chi connectivity index (χ1n) is 5.16. The monoisotopic (exact) mass is 272 g/mol. The molecule has 0 aliphatic carbocycles. The summed E-state index contributed by atoms with van der Waals surface area (Å²) in [7, 11) is 3.20. The van der Waals surface area contributed by atoms with Crippen LogP contribution in [0.25, 0.3) is 10.2 Å². The molecule has 6 heteroatoms. The smallest absolute Gasteiger partial charge is 0.184 e. The van der Waals surface area contributed by atoms with Gasteiger partial charge in [-0.3, -0.25) is 0 Å². The molecule has 0 bridgehead atoms. The first kappa shape index (κ1) is 12.3. The van der Waals surface area contributed by atoms with Gasteiger partial charge in [-0.15, -0.1) is 0 Å².